The average molecular weight is 240 g/mol. The number of nitrogens with two attached hydrogens (primary N) is 1. The SMILES string of the molecule is CC(C)CNC(N)=NCc1ccccc1Cl. The van der Waals surface area contributed by atoms with E-state index in [2.05, 4.69) is 24.2 Å². The minimum Gasteiger partial charge on any atom is -0.370 e. The third-order valence-corrected chi connectivity index (χ3v) is 2.44. The Hall–Kier alpha value is -1.22. The van der Waals surface area contributed by atoms with Crippen LogP contribution < -0.4 is 11.1 Å². The first-order valence-corrected chi connectivity index (χ1v) is 5.74. The molecule has 16 heavy (non-hydrogen) atoms. The van der Waals surface area contributed by atoms with Gasteiger partial charge in [0.15, 0.2) is 5.96 Å². The van der Waals surface area contributed by atoms with Crippen molar-refractivity contribution in [3.8, 4) is 0 Å². The Labute approximate surface area is 102 Å². The molecule has 0 amide bonds. The number of hydrogen-bond acceptors (Lipinski definition) is 1. The monoisotopic (exact) mass is 239 g/mol. The van der Waals surface area contributed by atoms with Crippen LogP contribution in [0.1, 0.15) is 19.4 Å². The highest BCUT2D eigenvalue weighted by Gasteiger charge is 1.98. The number of guanidine groups is 1. The molecule has 0 aliphatic heterocycles. The Morgan fingerprint density at radius 1 is 1.44 bits per heavy atom. The summed E-state index contributed by atoms with van der Waals surface area (Å²) in [5.74, 6) is 1.02. The van der Waals surface area contributed by atoms with Gasteiger partial charge in [-0.05, 0) is 17.5 Å². The van der Waals surface area contributed by atoms with E-state index in [4.69, 9.17) is 17.3 Å². The molecule has 0 saturated heterocycles. The summed E-state index contributed by atoms with van der Waals surface area (Å²) in [5.41, 5.74) is 6.70. The van der Waals surface area contributed by atoms with E-state index in [1.165, 1.54) is 0 Å². The molecule has 4 heteroatoms. The highest BCUT2D eigenvalue weighted by molar-refractivity contribution is 6.31. The average Bonchev–Trinajstić information content (AvgIpc) is 2.25. The lowest BCUT2D eigenvalue weighted by atomic mass is 10.2. The number of halogens is 1. The van der Waals surface area contributed by atoms with Crippen molar-refractivity contribution in [3.63, 3.8) is 0 Å². The van der Waals surface area contributed by atoms with Gasteiger partial charge in [-0.25, -0.2) is 4.99 Å². The third-order valence-electron chi connectivity index (χ3n) is 2.07. The summed E-state index contributed by atoms with van der Waals surface area (Å²) in [6.07, 6.45) is 0. The normalized spacial score (nSPS) is 11.9. The van der Waals surface area contributed by atoms with Crippen LogP contribution in [0.25, 0.3) is 0 Å². The lowest BCUT2D eigenvalue weighted by molar-refractivity contribution is 0.622. The van der Waals surface area contributed by atoms with Crippen molar-refractivity contribution in [2.45, 2.75) is 20.4 Å². The van der Waals surface area contributed by atoms with Crippen LogP contribution in [0.3, 0.4) is 0 Å². The van der Waals surface area contributed by atoms with Gasteiger partial charge in [-0.2, -0.15) is 0 Å². The van der Waals surface area contributed by atoms with E-state index in [9.17, 15) is 0 Å². The molecule has 0 heterocycles. The quantitative estimate of drug-likeness (QED) is 0.626. The maximum Gasteiger partial charge on any atom is 0.188 e. The minimum absolute atomic E-state index is 0.466. The molecule has 0 fully saturated rings. The smallest absolute Gasteiger partial charge is 0.188 e. The summed E-state index contributed by atoms with van der Waals surface area (Å²) in [6, 6.07) is 7.64. The molecule has 0 spiro atoms. The Balaban J connectivity index is 2.49. The lowest BCUT2D eigenvalue weighted by Gasteiger charge is -2.08. The van der Waals surface area contributed by atoms with Gasteiger partial charge in [0.25, 0.3) is 0 Å². The summed E-state index contributed by atoms with van der Waals surface area (Å²) in [7, 11) is 0. The van der Waals surface area contributed by atoms with E-state index in [-0.39, 0.29) is 0 Å². The lowest BCUT2D eigenvalue weighted by Crippen LogP contribution is -2.34. The summed E-state index contributed by atoms with van der Waals surface area (Å²) in [4.78, 5) is 4.23. The molecule has 1 rings (SSSR count). The topological polar surface area (TPSA) is 50.4 Å². The van der Waals surface area contributed by atoms with E-state index in [1.807, 2.05) is 24.3 Å². The highest BCUT2D eigenvalue weighted by Crippen LogP contribution is 2.15. The molecule has 0 unspecified atom stereocenters. The van der Waals surface area contributed by atoms with E-state index in [0.717, 1.165) is 17.1 Å². The van der Waals surface area contributed by atoms with Crippen LogP contribution in [0.2, 0.25) is 5.02 Å². The molecule has 1 aromatic rings. The molecule has 3 N–H and O–H groups in total. The molecule has 0 aliphatic rings. The van der Waals surface area contributed by atoms with Gasteiger partial charge in [-0.1, -0.05) is 43.6 Å². The molecule has 1 aromatic carbocycles. The first kappa shape index (κ1) is 12.8. The second-order valence-corrected chi connectivity index (χ2v) is 4.47. The van der Waals surface area contributed by atoms with Gasteiger partial charge < -0.3 is 11.1 Å². The Kier molecular flexibility index (Phi) is 5.12. The summed E-state index contributed by atoms with van der Waals surface area (Å²) < 4.78 is 0. The Bertz CT molecular complexity index is 361. The van der Waals surface area contributed by atoms with Crippen molar-refractivity contribution in [3.05, 3.63) is 34.9 Å². The van der Waals surface area contributed by atoms with Crippen molar-refractivity contribution in [2.24, 2.45) is 16.6 Å². The maximum atomic E-state index is 6.00. The number of benzene rings is 1. The van der Waals surface area contributed by atoms with Crippen LogP contribution in [0.15, 0.2) is 29.3 Å². The third kappa shape index (κ3) is 4.53. The van der Waals surface area contributed by atoms with Crippen LogP contribution in [-0.2, 0) is 6.54 Å². The summed E-state index contributed by atoms with van der Waals surface area (Å²) >= 11 is 6.00. The van der Waals surface area contributed by atoms with Crippen LogP contribution >= 0.6 is 11.6 Å². The van der Waals surface area contributed by atoms with Gasteiger partial charge in [0.05, 0.1) is 6.54 Å². The van der Waals surface area contributed by atoms with Crippen molar-refractivity contribution in [1.29, 1.82) is 0 Å². The van der Waals surface area contributed by atoms with Crippen molar-refractivity contribution in [2.75, 3.05) is 6.54 Å². The molecule has 0 aliphatic carbocycles. The van der Waals surface area contributed by atoms with Gasteiger partial charge >= 0.3 is 0 Å². The van der Waals surface area contributed by atoms with Crippen LogP contribution in [0.5, 0.6) is 0 Å². The fourth-order valence-corrected chi connectivity index (χ4v) is 1.36. The second-order valence-electron chi connectivity index (χ2n) is 4.07. The van der Waals surface area contributed by atoms with E-state index in [1.54, 1.807) is 0 Å². The molecule has 0 aromatic heterocycles. The number of hydrogen-bond donors (Lipinski definition) is 2. The zero-order valence-corrected chi connectivity index (χ0v) is 10.5. The first-order valence-electron chi connectivity index (χ1n) is 5.36. The minimum atomic E-state index is 0.466. The molecule has 0 bridgehead atoms. The largest absolute Gasteiger partial charge is 0.370 e. The first-order chi connectivity index (χ1) is 7.59. The van der Waals surface area contributed by atoms with Gasteiger partial charge in [-0.3, -0.25) is 0 Å². The zero-order valence-electron chi connectivity index (χ0n) is 9.70. The van der Waals surface area contributed by atoms with Gasteiger partial charge in [0.2, 0.25) is 0 Å². The molecular weight excluding hydrogens is 222 g/mol. The number of nitrogens with zero attached hydrogens (tertiary/aromatic N) is 1. The molecular formula is C12H18ClN3. The van der Waals surface area contributed by atoms with E-state index < -0.39 is 0 Å². The fourth-order valence-electron chi connectivity index (χ4n) is 1.16. The summed E-state index contributed by atoms with van der Waals surface area (Å²) in [6.45, 7) is 5.58. The highest BCUT2D eigenvalue weighted by atomic mass is 35.5. The summed E-state index contributed by atoms with van der Waals surface area (Å²) in [5, 5.41) is 3.78. The van der Waals surface area contributed by atoms with E-state index in [0.29, 0.717) is 18.4 Å². The number of rotatable bonds is 4. The standard InChI is InChI=1S/C12H18ClN3/c1-9(2)7-15-12(14)16-8-10-5-3-4-6-11(10)13/h3-6,9H,7-8H2,1-2H3,(H3,14,15,16). The Morgan fingerprint density at radius 2 is 2.12 bits per heavy atom. The van der Waals surface area contributed by atoms with Crippen molar-refractivity contribution >= 4 is 17.6 Å². The van der Waals surface area contributed by atoms with Crippen LogP contribution in [0.4, 0.5) is 0 Å². The van der Waals surface area contributed by atoms with Gasteiger partial charge in [0, 0.05) is 11.6 Å². The number of aliphatic imine (C=N–C) groups is 1. The Morgan fingerprint density at radius 3 is 2.75 bits per heavy atom. The second kappa shape index (κ2) is 6.38. The zero-order chi connectivity index (χ0) is 12.0. The predicted octanol–water partition coefficient (Wildman–Crippen LogP) is 2.40. The number of nitrogens with one attached hydrogen (secondary N) is 1. The van der Waals surface area contributed by atoms with E-state index >= 15 is 0 Å². The molecule has 88 valence electrons. The van der Waals surface area contributed by atoms with Crippen molar-refractivity contribution < 1.29 is 0 Å². The molecule has 3 nitrogen and oxygen atoms in total. The molecule has 0 atom stereocenters. The van der Waals surface area contributed by atoms with Crippen LogP contribution in [0, 0.1) is 5.92 Å². The molecule has 0 radical (unpaired) electrons. The van der Waals surface area contributed by atoms with Crippen molar-refractivity contribution in [1.82, 2.24) is 5.32 Å². The predicted molar refractivity (Wildman–Crippen MR) is 69.6 cm³/mol. The van der Waals surface area contributed by atoms with Gasteiger partial charge in [-0.15, -0.1) is 0 Å². The maximum absolute atomic E-state index is 6.00. The molecule has 0 saturated carbocycles. The van der Waals surface area contributed by atoms with Gasteiger partial charge in [0.1, 0.15) is 0 Å². The van der Waals surface area contributed by atoms with Crippen LogP contribution in [-0.4, -0.2) is 12.5 Å². The fraction of sp³-hybridized carbons (Fsp3) is 0.417.